The normalized spacial score (nSPS) is 10.3. The molecule has 0 aromatic heterocycles. The number of nitrogens with one attached hydrogen (secondary N) is 2. The van der Waals surface area contributed by atoms with Gasteiger partial charge in [0, 0.05) is 6.54 Å². The first-order valence-corrected chi connectivity index (χ1v) is 6.11. The van der Waals surface area contributed by atoms with E-state index in [2.05, 4.69) is 10.6 Å². The molecule has 0 atom stereocenters. The van der Waals surface area contributed by atoms with Gasteiger partial charge in [0.05, 0.1) is 30.5 Å². The molecule has 0 spiro atoms. The van der Waals surface area contributed by atoms with E-state index in [-0.39, 0.29) is 18.2 Å². The summed E-state index contributed by atoms with van der Waals surface area (Å²) in [7, 11) is 0. The zero-order valence-electron chi connectivity index (χ0n) is 10.5. The summed E-state index contributed by atoms with van der Waals surface area (Å²) in [5, 5.41) is 13.7. The molecule has 0 aliphatic rings. The van der Waals surface area contributed by atoms with Crippen molar-refractivity contribution in [2.24, 2.45) is 0 Å². The Morgan fingerprint density at radius 1 is 1.47 bits per heavy atom. The second-order valence-corrected chi connectivity index (χ2v) is 4.21. The monoisotopic (exact) mass is 290 g/mol. The summed E-state index contributed by atoms with van der Waals surface area (Å²) in [5.74, 6) is -0.423. The quantitative estimate of drug-likeness (QED) is 0.701. The summed E-state index contributed by atoms with van der Waals surface area (Å²) in [4.78, 5) is 11.5. The second-order valence-electron chi connectivity index (χ2n) is 3.80. The summed E-state index contributed by atoms with van der Waals surface area (Å²) in [5.41, 5.74) is 0.736. The van der Waals surface area contributed by atoms with Crippen molar-refractivity contribution < 1.29 is 19.0 Å². The highest BCUT2D eigenvalue weighted by molar-refractivity contribution is 6.33. The van der Waals surface area contributed by atoms with Gasteiger partial charge in [0.2, 0.25) is 0 Å². The molecule has 2 amide bonds. The molecule has 5 nitrogen and oxygen atoms in total. The number of anilines is 1. The topological polar surface area (TPSA) is 70.6 Å². The Kier molecular flexibility index (Phi) is 6.55. The Bertz CT molecular complexity index is 443. The molecule has 1 rings (SSSR count). The minimum absolute atomic E-state index is 0.0589. The number of benzene rings is 1. The van der Waals surface area contributed by atoms with Crippen LogP contribution in [0, 0.1) is 12.7 Å². The van der Waals surface area contributed by atoms with Gasteiger partial charge in [0.1, 0.15) is 5.82 Å². The molecule has 106 valence electrons. The third kappa shape index (κ3) is 5.42. The lowest BCUT2D eigenvalue weighted by atomic mass is 10.2. The molecule has 0 radical (unpaired) electrons. The van der Waals surface area contributed by atoms with Crippen LogP contribution in [0.1, 0.15) is 5.56 Å². The number of carbonyl (C=O) groups excluding carboxylic acids is 1. The maximum absolute atomic E-state index is 13.2. The first-order valence-electron chi connectivity index (χ1n) is 5.73. The number of ether oxygens (including phenoxy) is 1. The van der Waals surface area contributed by atoms with E-state index < -0.39 is 11.8 Å². The van der Waals surface area contributed by atoms with Gasteiger partial charge in [-0.05, 0) is 24.6 Å². The molecule has 0 aliphatic heterocycles. The molecule has 0 unspecified atom stereocenters. The van der Waals surface area contributed by atoms with Gasteiger partial charge in [0.25, 0.3) is 0 Å². The van der Waals surface area contributed by atoms with Crippen molar-refractivity contribution >= 4 is 23.3 Å². The van der Waals surface area contributed by atoms with Crippen LogP contribution >= 0.6 is 11.6 Å². The molecular weight excluding hydrogens is 275 g/mol. The lowest BCUT2D eigenvalue weighted by molar-refractivity contribution is 0.0950. The molecule has 3 N–H and O–H groups in total. The van der Waals surface area contributed by atoms with Gasteiger partial charge >= 0.3 is 6.03 Å². The fraction of sp³-hybridized carbons (Fsp3) is 0.417. The number of urea groups is 1. The van der Waals surface area contributed by atoms with E-state index in [4.69, 9.17) is 21.4 Å². The molecule has 0 aliphatic carbocycles. The maximum Gasteiger partial charge on any atom is 0.319 e. The Morgan fingerprint density at radius 3 is 2.89 bits per heavy atom. The molecule has 7 heteroatoms. The van der Waals surface area contributed by atoms with Gasteiger partial charge in [-0.25, -0.2) is 9.18 Å². The van der Waals surface area contributed by atoms with Crippen molar-refractivity contribution in [2.75, 3.05) is 31.7 Å². The van der Waals surface area contributed by atoms with E-state index >= 15 is 0 Å². The SMILES string of the molecule is Cc1cc(NC(=O)NCCOCCO)c(Cl)cc1F. The molecule has 0 saturated heterocycles. The number of aliphatic hydroxyl groups excluding tert-OH is 1. The van der Waals surface area contributed by atoms with Crippen LogP contribution < -0.4 is 10.6 Å². The minimum atomic E-state index is -0.458. The van der Waals surface area contributed by atoms with Crippen LogP contribution in [0.15, 0.2) is 12.1 Å². The predicted molar refractivity (Wildman–Crippen MR) is 71.1 cm³/mol. The minimum Gasteiger partial charge on any atom is -0.394 e. The number of hydrogen-bond donors (Lipinski definition) is 3. The number of amides is 2. The zero-order chi connectivity index (χ0) is 14.3. The summed E-state index contributed by atoms with van der Waals surface area (Å²) >= 11 is 5.81. The predicted octanol–water partition coefficient (Wildman–Crippen LogP) is 1.92. The van der Waals surface area contributed by atoms with E-state index in [1.165, 1.54) is 6.07 Å². The number of aliphatic hydroxyl groups is 1. The molecule has 1 aromatic rings. The van der Waals surface area contributed by atoms with Crippen LogP contribution in [0.3, 0.4) is 0 Å². The van der Waals surface area contributed by atoms with Gasteiger partial charge in [-0.3, -0.25) is 0 Å². The largest absolute Gasteiger partial charge is 0.394 e. The Hall–Kier alpha value is -1.37. The van der Waals surface area contributed by atoms with Gasteiger partial charge < -0.3 is 20.5 Å². The van der Waals surface area contributed by atoms with Crippen molar-refractivity contribution in [1.29, 1.82) is 0 Å². The Labute approximate surface area is 115 Å². The number of aryl methyl sites for hydroxylation is 1. The smallest absolute Gasteiger partial charge is 0.319 e. The van der Waals surface area contributed by atoms with Crippen LogP contribution in [-0.2, 0) is 4.74 Å². The van der Waals surface area contributed by atoms with Gasteiger partial charge in [-0.1, -0.05) is 11.6 Å². The fourth-order valence-electron chi connectivity index (χ4n) is 1.32. The Balaban J connectivity index is 2.42. The van der Waals surface area contributed by atoms with Crippen LogP contribution in [0.25, 0.3) is 0 Å². The van der Waals surface area contributed by atoms with Crippen LogP contribution in [0.4, 0.5) is 14.9 Å². The number of carbonyl (C=O) groups is 1. The first-order chi connectivity index (χ1) is 9.04. The van der Waals surface area contributed by atoms with Gasteiger partial charge in [-0.15, -0.1) is 0 Å². The summed E-state index contributed by atoms with van der Waals surface area (Å²) in [6.07, 6.45) is 0. The standard InChI is InChI=1S/C12H16ClFN2O3/c1-8-6-11(9(13)7-10(8)14)16-12(18)15-2-4-19-5-3-17/h6-7,17H,2-5H2,1H3,(H2,15,16,18). The van der Waals surface area contributed by atoms with Crippen LogP contribution in [0.2, 0.25) is 5.02 Å². The molecule has 1 aromatic carbocycles. The zero-order valence-corrected chi connectivity index (χ0v) is 11.3. The third-order valence-corrected chi connectivity index (χ3v) is 2.58. The lowest BCUT2D eigenvalue weighted by Crippen LogP contribution is -2.31. The lowest BCUT2D eigenvalue weighted by Gasteiger charge is -2.10. The van der Waals surface area contributed by atoms with E-state index in [1.807, 2.05) is 0 Å². The van der Waals surface area contributed by atoms with Crippen LogP contribution in [0.5, 0.6) is 0 Å². The van der Waals surface area contributed by atoms with Crippen molar-refractivity contribution in [2.45, 2.75) is 6.92 Å². The number of halogens is 2. The molecular formula is C12H16ClFN2O3. The Morgan fingerprint density at radius 2 is 2.21 bits per heavy atom. The molecule has 0 heterocycles. The summed E-state index contributed by atoms with van der Waals surface area (Å²) < 4.78 is 18.1. The summed E-state index contributed by atoms with van der Waals surface area (Å²) in [6.45, 7) is 2.34. The van der Waals surface area contributed by atoms with E-state index in [1.54, 1.807) is 6.92 Å². The average molecular weight is 291 g/mol. The van der Waals surface area contributed by atoms with Crippen molar-refractivity contribution in [3.63, 3.8) is 0 Å². The van der Waals surface area contributed by atoms with Gasteiger partial charge in [0.15, 0.2) is 0 Å². The van der Waals surface area contributed by atoms with Crippen molar-refractivity contribution in [3.8, 4) is 0 Å². The molecule has 0 saturated carbocycles. The first kappa shape index (κ1) is 15.7. The summed E-state index contributed by atoms with van der Waals surface area (Å²) in [6, 6.07) is 2.15. The highest BCUT2D eigenvalue weighted by atomic mass is 35.5. The molecule has 19 heavy (non-hydrogen) atoms. The molecule has 0 bridgehead atoms. The highest BCUT2D eigenvalue weighted by Crippen LogP contribution is 2.24. The second kappa shape index (κ2) is 7.93. The third-order valence-electron chi connectivity index (χ3n) is 2.26. The van der Waals surface area contributed by atoms with E-state index in [0.29, 0.717) is 24.4 Å². The average Bonchev–Trinajstić information content (AvgIpc) is 2.35. The highest BCUT2D eigenvalue weighted by Gasteiger charge is 2.08. The van der Waals surface area contributed by atoms with Gasteiger partial charge in [-0.2, -0.15) is 0 Å². The fourth-order valence-corrected chi connectivity index (χ4v) is 1.52. The van der Waals surface area contributed by atoms with E-state index in [0.717, 1.165) is 6.07 Å². The van der Waals surface area contributed by atoms with E-state index in [9.17, 15) is 9.18 Å². The maximum atomic E-state index is 13.2. The van der Waals surface area contributed by atoms with Crippen molar-refractivity contribution in [1.82, 2.24) is 5.32 Å². The molecule has 0 fully saturated rings. The van der Waals surface area contributed by atoms with Crippen molar-refractivity contribution in [3.05, 3.63) is 28.5 Å². The number of rotatable bonds is 6. The number of hydrogen-bond acceptors (Lipinski definition) is 3. The van der Waals surface area contributed by atoms with Crippen LogP contribution in [-0.4, -0.2) is 37.5 Å².